The quantitative estimate of drug-likeness (QED) is 0.655. The number of rotatable bonds is 2. The Morgan fingerprint density at radius 1 is 1.67 bits per heavy atom. The van der Waals surface area contributed by atoms with E-state index in [1.54, 1.807) is 6.92 Å². The monoisotopic (exact) mass is 218 g/mol. The van der Waals surface area contributed by atoms with Crippen LogP contribution in [-0.4, -0.2) is 22.5 Å². The van der Waals surface area contributed by atoms with Crippen LogP contribution in [0.4, 0.5) is 0 Å². The fourth-order valence-electron chi connectivity index (χ4n) is 0.651. The van der Waals surface area contributed by atoms with Crippen molar-refractivity contribution in [3.8, 4) is 0 Å². The van der Waals surface area contributed by atoms with Gasteiger partial charge in [0.1, 0.15) is 0 Å². The van der Waals surface area contributed by atoms with E-state index in [1.807, 2.05) is 0 Å². The van der Waals surface area contributed by atoms with E-state index in [0.717, 1.165) is 0 Å². The summed E-state index contributed by atoms with van der Waals surface area (Å²) in [5.41, 5.74) is 0. The van der Waals surface area contributed by atoms with Gasteiger partial charge in [-0.1, -0.05) is 0 Å². The molecule has 1 aliphatic rings. The molecule has 0 bridgehead atoms. The zero-order chi connectivity index (χ0) is 9.41. The summed E-state index contributed by atoms with van der Waals surface area (Å²) < 4.78 is 34.1. The van der Waals surface area contributed by atoms with Crippen molar-refractivity contribution < 1.29 is 32.3 Å². The molecule has 1 rings (SSSR count). The number of phosphoric acid groups is 2. The van der Waals surface area contributed by atoms with Gasteiger partial charge < -0.3 is 9.79 Å². The van der Waals surface area contributed by atoms with Crippen LogP contribution in [0.5, 0.6) is 0 Å². The first-order valence-corrected chi connectivity index (χ1v) is 6.00. The summed E-state index contributed by atoms with van der Waals surface area (Å²) in [4.78, 5) is 16.6. The van der Waals surface area contributed by atoms with Gasteiger partial charge in [-0.2, -0.15) is 4.31 Å². The van der Waals surface area contributed by atoms with E-state index in [1.165, 1.54) is 0 Å². The molecule has 12 heavy (non-hydrogen) atoms. The van der Waals surface area contributed by atoms with E-state index in [4.69, 9.17) is 9.79 Å². The van der Waals surface area contributed by atoms with Gasteiger partial charge in [0.05, 0.1) is 12.7 Å². The predicted octanol–water partition coefficient (Wildman–Crippen LogP) is 0.639. The van der Waals surface area contributed by atoms with E-state index in [2.05, 4.69) is 13.4 Å². The zero-order valence-electron chi connectivity index (χ0n) is 6.11. The van der Waals surface area contributed by atoms with E-state index in [-0.39, 0.29) is 6.61 Å². The SMILES string of the molecule is CC1COP(=O)(OP(=O)(O)O)O1. The lowest BCUT2D eigenvalue weighted by Gasteiger charge is -2.09. The minimum absolute atomic E-state index is 0.00270. The van der Waals surface area contributed by atoms with Gasteiger partial charge in [-0.15, -0.1) is 0 Å². The summed E-state index contributed by atoms with van der Waals surface area (Å²) in [7, 11) is -8.83. The first kappa shape index (κ1) is 10.3. The fourth-order valence-corrected chi connectivity index (χ4v) is 2.99. The molecule has 2 N–H and O–H groups in total. The fraction of sp³-hybridized carbons (Fsp3) is 1.00. The number of hydrogen-bond donors (Lipinski definition) is 2. The van der Waals surface area contributed by atoms with Crippen molar-refractivity contribution in [1.29, 1.82) is 0 Å². The molecule has 0 aliphatic carbocycles. The maximum absolute atomic E-state index is 11.1. The van der Waals surface area contributed by atoms with Crippen LogP contribution < -0.4 is 0 Å². The minimum atomic E-state index is -4.82. The average Bonchev–Trinajstić information content (AvgIpc) is 2.05. The summed E-state index contributed by atoms with van der Waals surface area (Å²) in [6, 6.07) is 0. The van der Waals surface area contributed by atoms with Gasteiger partial charge in [-0.25, -0.2) is 9.13 Å². The molecule has 0 aromatic heterocycles. The highest BCUT2D eigenvalue weighted by atomic mass is 31.3. The lowest BCUT2D eigenvalue weighted by Crippen LogP contribution is -2.00. The molecule has 1 aliphatic heterocycles. The standard InChI is InChI=1S/C3H8O7P2/c1-3-2-8-12(7,9-3)10-11(4,5)6/h3H,2H2,1H3,(H2,4,5,6). The van der Waals surface area contributed by atoms with Crippen LogP contribution in [0.15, 0.2) is 0 Å². The Labute approximate surface area is 68.5 Å². The van der Waals surface area contributed by atoms with E-state index in [9.17, 15) is 9.13 Å². The maximum atomic E-state index is 11.1. The molecule has 1 saturated heterocycles. The van der Waals surface area contributed by atoms with Crippen LogP contribution in [0.1, 0.15) is 6.92 Å². The topological polar surface area (TPSA) is 102 Å². The zero-order valence-corrected chi connectivity index (χ0v) is 7.90. The highest BCUT2D eigenvalue weighted by Crippen LogP contribution is 2.64. The second-order valence-electron chi connectivity index (χ2n) is 2.23. The highest BCUT2D eigenvalue weighted by Gasteiger charge is 2.42. The van der Waals surface area contributed by atoms with Gasteiger partial charge in [0.25, 0.3) is 0 Å². The van der Waals surface area contributed by atoms with E-state index >= 15 is 0 Å². The van der Waals surface area contributed by atoms with Crippen molar-refractivity contribution >= 4 is 15.6 Å². The Balaban J connectivity index is 2.64. The number of phosphoric ester groups is 1. The summed E-state index contributed by atoms with van der Waals surface area (Å²) >= 11 is 0. The van der Waals surface area contributed by atoms with Gasteiger partial charge in [0.15, 0.2) is 0 Å². The Bertz CT molecular complexity index is 255. The minimum Gasteiger partial charge on any atom is -0.302 e. The second-order valence-corrected chi connectivity index (χ2v) is 5.23. The molecule has 72 valence electrons. The molecule has 0 amide bonds. The Kier molecular flexibility index (Phi) is 2.75. The van der Waals surface area contributed by atoms with E-state index < -0.39 is 21.7 Å². The van der Waals surface area contributed by atoms with Crippen molar-refractivity contribution in [3.63, 3.8) is 0 Å². The molecule has 0 spiro atoms. The van der Waals surface area contributed by atoms with Crippen LogP contribution in [0.3, 0.4) is 0 Å². The third-order valence-electron chi connectivity index (χ3n) is 0.983. The summed E-state index contributed by atoms with van der Waals surface area (Å²) in [5.74, 6) is 0. The molecule has 1 fully saturated rings. The molecule has 2 unspecified atom stereocenters. The number of hydrogen-bond acceptors (Lipinski definition) is 5. The van der Waals surface area contributed by atoms with Crippen molar-refractivity contribution in [3.05, 3.63) is 0 Å². The molecule has 9 heteroatoms. The molecule has 7 nitrogen and oxygen atoms in total. The molecule has 0 saturated carbocycles. The van der Waals surface area contributed by atoms with Crippen LogP contribution >= 0.6 is 15.6 Å². The first-order chi connectivity index (χ1) is 5.31. The normalized spacial score (nSPS) is 37.1. The third kappa shape index (κ3) is 2.95. The molecular formula is C3H8O7P2. The Morgan fingerprint density at radius 2 is 2.25 bits per heavy atom. The lowest BCUT2D eigenvalue weighted by molar-refractivity contribution is 0.205. The van der Waals surface area contributed by atoms with Gasteiger partial charge in [-0.05, 0) is 6.92 Å². The van der Waals surface area contributed by atoms with Crippen LogP contribution in [-0.2, 0) is 22.5 Å². The first-order valence-electron chi connectivity index (χ1n) is 3.01. The average molecular weight is 218 g/mol. The van der Waals surface area contributed by atoms with Crippen molar-refractivity contribution in [2.75, 3.05) is 6.61 Å². The molecule has 0 aromatic rings. The molecule has 1 heterocycles. The van der Waals surface area contributed by atoms with Crippen molar-refractivity contribution in [2.45, 2.75) is 13.0 Å². The molecule has 0 aromatic carbocycles. The largest absolute Gasteiger partial charge is 0.484 e. The van der Waals surface area contributed by atoms with Crippen molar-refractivity contribution in [1.82, 2.24) is 0 Å². The van der Waals surface area contributed by atoms with Crippen LogP contribution in [0, 0.1) is 0 Å². The Hall–Kier alpha value is 0.260. The van der Waals surface area contributed by atoms with E-state index in [0.29, 0.717) is 0 Å². The highest BCUT2D eigenvalue weighted by molar-refractivity contribution is 7.61. The molecular weight excluding hydrogens is 210 g/mol. The van der Waals surface area contributed by atoms with Gasteiger partial charge in [0, 0.05) is 0 Å². The predicted molar refractivity (Wildman–Crippen MR) is 37.2 cm³/mol. The smallest absolute Gasteiger partial charge is 0.302 e. The van der Waals surface area contributed by atoms with Gasteiger partial charge >= 0.3 is 15.6 Å². The summed E-state index contributed by atoms with van der Waals surface area (Å²) in [5, 5.41) is 0. The van der Waals surface area contributed by atoms with Crippen LogP contribution in [0.25, 0.3) is 0 Å². The molecule has 2 atom stereocenters. The summed E-state index contributed by atoms with van der Waals surface area (Å²) in [6.07, 6.45) is -0.484. The lowest BCUT2D eigenvalue weighted by atomic mass is 10.5. The molecule has 0 radical (unpaired) electrons. The third-order valence-corrected chi connectivity index (χ3v) is 3.72. The van der Waals surface area contributed by atoms with Crippen LogP contribution in [0.2, 0.25) is 0 Å². The summed E-state index contributed by atoms with van der Waals surface area (Å²) in [6.45, 7) is 1.54. The van der Waals surface area contributed by atoms with Crippen molar-refractivity contribution in [2.24, 2.45) is 0 Å². The Morgan fingerprint density at radius 3 is 2.58 bits per heavy atom. The van der Waals surface area contributed by atoms with Gasteiger partial charge in [-0.3, -0.25) is 9.05 Å². The van der Waals surface area contributed by atoms with Gasteiger partial charge in [0.2, 0.25) is 0 Å². The second kappa shape index (κ2) is 3.20. The maximum Gasteiger partial charge on any atom is 0.484 e.